The molecule has 1 atom stereocenters. The van der Waals surface area contributed by atoms with Crippen LogP contribution in [0, 0.1) is 0 Å². The molecular weight excluding hydrogens is 396 g/mol. The van der Waals surface area contributed by atoms with E-state index in [9.17, 15) is 4.79 Å². The molecule has 7 nitrogen and oxygen atoms in total. The lowest BCUT2D eigenvalue weighted by Gasteiger charge is -2.19. The van der Waals surface area contributed by atoms with Crippen LogP contribution in [0.1, 0.15) is 28.5 Å². The van der Waals surface area contributed by atoms with Crippen molar-refractivity contribution in [2.75, 3.05) is 38.0 Å². The lowest BCUT2D eigenvalue weighted by Crippen LogP contribution is -2.34. The SMILES string of the molecule is NC(CNc1ccc(C(=O)N2CCCNCC2)nn1)c1ccccc1Br. The van der Waals surface area contributed by atoms with Crippen LogP contribution < -0.4 is 16.4 Å². The first-order chi connectivity index (χ1) is 12.6. The molecule has 1 fully saturated rings. The maximum absolute atomic E-state index is 12.5. The van der Waals surface area contributed by atoms with Crippen LogP contribution in [0.5, 0.6) is 0 Å². The molecule has 3 rings (SSSR count). The van der Waals surface area contributed by atoms with Crippen molar-refractivity contribution in [1.29, 1.82) is 0 Å². The molecular formula is C18H23BrN6O. The number of nitrogens with zero attached hydrogens (tertiary/aromatic N) is 3. The zero-order valence-electron chi connectivity index (χ0n) is 14.5. The Balaban J connectivity index is 1.57. The number of halogens is 1. The number of carbonyl (C=O) groups is 1. The number of benzene rings is 1. The van der Waals surface area contributed by atoms with E-state index in [1.54, 1.807) is 12.1 Å². The normalized spacial score (nSPS) is 16.0. The summed E-state index contributed by atoms with van der Waals surface area (Å²) in [5, 5.41) is 14.6. The van der Waals surface area contributed by atoms with E-state index in [1.165, 1.54) is 0 Å². The molecule has 1 aliphatic heterocycles. The quantitative estimate of drug-likeness (QED) is 0.684. The van der Waals surface area contributed by atoms with Gasteiger partial charge >= 0.3 is 0 Å². The van der Waals surface area contributed by atoms with Gasteiger partial charge in [-0.2, -0.15) is 0 Å². The lowest BCUT2D eigenvalue weighted by molar-refractivity contribution is 0.0759. The standard InChI is InChI=1S/C18H23BrN6O/c19-14-5-2-1-4-13(14)15(20)12-22-17-7-6-16(23-24-17)18(26)25-10-3-8-21-9-11-25/h1-2,4-7,15,21H,3,8-12,20H2,(H,22,24). The average Bonchev–Trinajstić information content (AvgIpc) is 2.96. The first-order valence-corrected chi connectivity index (χ1v) is 9.52. The largest absolute Gasteiger partial charge is 0.367 e. The molecule has 0 spiro atoms. The van der Waals surface area contributed by atoms with Crippen molar-refractivity contribution >= 4 is 27.7 Å². The molecule has 0 radical (unpaired) electrons. The first kappa shape index (κ1) is 18.8. The van der Waals surface area contributed by atoms with E-state index in [0.717, 1.165) is 36.1 Å². The topological polar surface area (TPSA) is 96.2 Å². The van der Waals surface area contributed by atoms with E-state index in [2.05, 4.69) is 36.8 Å². The van der Waals surface area contributed by atoms with Crippen molar-refractivity contribution in [3.8, 4) is 0 Å². The van der Waals surface area contributed by atoms with Crippen LogP contribution in [-0.2, 0) is 0 Å². The van der Waals surface area contributed by atoms with E-state index in [-0.39, 0.29) is 11.9 Å². The van der Waals surface area contributed by atoms with Gasteiger partial charge in [-0.15, -0.1) is 10.2 Å². The van der Waals surface area contributed by atoms with Gasteiger partial charge in [-0.05, 0) is 36.7 Å². The third kappa shape index (κ3) is 4.78. The predicted octanol–water partition coefficient (Wildman–Crippen LogP) is 1.79. The summed E-state index contributed by atoms with van der Waals surface area (Å²) in [6, 6.07) is 11.2. The molecule has 2 aromatic rings. The molecule has 4 N–H and O–H groups in total. The second-order valence-corrected chi connectivity index (χ2v) is 7.06. The summed E-state index contributed by atoms with van der Waals surface area (Å²) in [4.78, 5) is 14.3. The van der Waals surface area contributed by atoms with E-state index in [4.69, 9.17) is 5.73 Å². The Morgan fingerprint density at radius 3 is 2.85 bits per heavy atom. The van der Waals surface area contributed by atoms with Gasteiger partial charge in [-0.1, -0.05) is 34.1 Å². The fraction of sp³-hybridized carbons (Fsp3) is 0.389. The summed E-state index contributed by atoms with van der Waals surface area (Å²) in [5.41, 5.74) is 7.62. The Morgan fingerprint density at radius 2 is 2.08 bits per heavy atom. The van der Waals surface area contributed by atoms with Crippen LogP contribution in [0.3, 0.4) is 0 Å². The highest BCUT2D eigenvalue weighted by Gasteiger charge is 2.18. The van der Waals surface area contributed by atoms with Crippen molar-refractivity contribution in [2.45, 2.75) is 12.5 Å². The Labute approximate surface area is 161 Å². The van der Waals surface area contributed by atoms with Crippen LogP contribution in [0.2, 0.25) is 0 Å². The number of amides is 1. The average molecular weight is 419 g/mol. The highest BCUT2D eigenvalue weighted by atomic mass is 79.9. The maximum Gasteiger partial charge on any atom is 0.274 e. The molecule has 1 amide bonds. The van der Waals surface area contributed by atoms with Crippen molar-refractivity contribution in [3.63, 3.8) is 0 Å². The molecule has 0 aliphatic carbocycles. The molecule has 0 saturated carbocycles. The van der Waals surface area contributed by atoms with Crippen molar-refractivity contribution in [1.82, 2.24) is 20.4 Å². The minimum Gasteiger partial charge on any atom is -0.367 e. The summed E-state index contributed by atoms with van der Waals surface area (Å²) >= 11 is 3.51. The maximum atomic E-state index is 12.5. The molecule has 1 aliphatic rings. The summed E-state index contributed by atoms with van der Waals surface area (Å²) in [7, 11) is 0. The van der Waals surface area contributed by atoms with E-state index in [0.29, 0.717) is 24.6 Å². The lowest BCUT2D eigenvalue weighted by atomic mass is 10.1. The molecule has 0 bridgehead atoms. The molecule has 138 valence electrons. The number of nitrogens with two attached hydrogens (primary N) is 1. The second kappa shape index (κ2) is 9.07. The summed E-state index contributed by atoms with van der Waals surface area (Å²) in [5.74, 6) is 0.527. The number of nitrogens with one attached hydrogen (secondary N) is 2. The van der Waals surface area contributed by atoms with Crippen molar-refractivity contribution < 1.29 is 4.79 Å². The van der Waals surface area contributed by atoms with Crippen LogP contribution in [0.25, 0.3) is 0 Å². The minimum absolute atomic E-state index is 0.0716. The Kier molecular flexibility index (Phi) is 6.54. The Bertz CT molecular complexity index is 731. The van der Waals surface area contributed by atoms with Gasteiger partial charge in [0.2, 0.25) is 0 Å². The predicted molar refractivity (Wildman–Crippen MR) is 105 cm³/mol. The van der Waals surface area contributed by atoms with E-state index >= 15 is 0 Å². The highest BCUT2D eigenvalue weighted by Crippen LogP contribution is 2.21. The third-order valence-corrected chi connectivity index (χ3v) is 5.04. The summed E-state index contributed by atoms with van der Waals surface area (Å²) < 4.78 is 0.980. The van der Waals surface area contributed by atoms with Crippen LogP contribution >= 0.6 is 15.9 Å². The van der Waals surface area contributed by atoms with Crippen molar-refractivity contribution in [2.24, 2.45) is 5.73 Å². The van der Waals surface area contributed by atoms with Gasteiger partial charge < -0.3 is 21.3 Å². The fourth-order valence-electron chi connectivity index (χ4n) is 2.85. The van der Waals surface area contributed by atoms with Crippen LogP contribution in [0.15, 0.2) is 40.9 Å². The smallest absolute Gasteiger partial charge is 0.274 e. The molecule has 1 aromatic carbocycles. The molecule has 8 heteroatoms. The number of aromatic nitrogens is 2. The zero-order valence-corrected chi connectivity index (χ0v) is 16.1. The summed E-state index contributed by atoms with van der Waals surface area (Å²) in [6.45, 7) is 3.71. The van der Waals surface area contributed by atoms with Gasteiger partial charge in [-0.25, -0.2) is 0 Å². The zero-order chi connectivity index (χ0) is 18.4. The Hall–Kier alpha value is -2.03. The fourth-order valence-corrected chi connectivity index (χ4v) is 3.43. The second-order valence-electron chi connectivity index (χ2n) is 6.21. The Morgan fingerprint density at radius 1 is 1.23 bits per heavy atom. The van der Waals surface area contributed by atoms with Gasteiger partial charge in [0.1, 0.15) is 5.82 Å². The molecule has 26 heavy (non-hydrogen) atoms. The number of rotatable bonds is 5. The van der Waals surface area contributed by atoms with Gasteiger partial charge in [0.25, 0.3) is 5.91 Å². The van der Waals surface area contributed by atoms with Crippen molar-refractivity contribution in [3.05, 3.63) is 52.1 Å². The number of hydrogen-bond donors (Lipinski definition) is 3. The molecule has 1 unspecified atom stereocenters. The minimum atomic E-state index is -0.182. The van der Waals surface area contributed by atoms with Gasteiger partial charge in [0.15, 0.2) is 5.69 Å². The number of anilines is 1. The van der Waals surface area contributed by atoms with E-state index < -0.39 is 0 Å². The molecule has 2 heterocycles. The van der Waals surface area contributed by atoms with Gasteiger partial charge in [0, 0.05) is 36.7 Å². The molecule has 1 aromatic heterocycles. The van der Waals surface area contributed by atoms with Gasteiger partial charge in [0.05, 0.1) is 0 Å². The molecule has 1 saturated heterocycles. The third-order valence-electron chi connectivity index (χ3n) is 4.32. The highest BCUT2D eigenvalue weighted by molar-refractivity contribution is 9.10. The van der Waals surface area contributed by atoms with Crippen LogP contribution in [-0.4, -0.2) is 53.7 Å². The van der Waals surface area contributed by atoms with E-state index in [1.807, 2.05) is 29.2 Å². The monoisotopic (exact) mass is 418 g/mol. The van der Waals surface area contributed by atoms with Crippen LogP contribution in [0.4, 0.5) is 5.82 Å². The van der Waals surface area contributed by atoms with Gasteiger partial charge in [-0.3, -0.25) is 4.79 Å². The summed E-state index contributed by atoms with van der Waals surface area (Å²) in [6.07, 6.45) is 0.950. The first-order valence-electron chi connectivity index (χ1n) is 8.73. The number of carbonyl (C=O) groups excluding carboxylic acids is 1. The number of hydrogen-bond acceptors (Lipinski definition) is 6.